The van der Waals surface area contributed by atoms with Crippen molar-refractivity contribution in [2.24, 2.45) is 0 Å². The van der Waals surface area contributed by atoms with Gasteiger partial charge < -0.3 is 19.5 Å². The smallest absolute Gasteiger partial charge is 0.410 e. The Balaban J connectivity index is 1.37. The second kappa shape index (κ2) is 7.81. The Morgan fingerprint density at radius 3 is 2.77 bits per heavy atom. The summed E-state index contributed by atoms with van der Waals surface area (Å²) in [5.74, 6) is 0. The number of amides is 1. The molecule has 1 N–H and O–H groups in total. The van der Waals surface area contributed by atoms with Gasteiger partial charge in [0.25, 0.3) is 0 Å². The molecule has 3 aromatic rings. The highest BCUT2D eigenvalue weighted by Gasteiger charge is 2.34. The number of piperazine rings is 1. The van der Waals surface area contributed by atoms with Gasteiger partial charge in [-0.2, -0.15) is 5.26 Å². The van der Waals surface area contributed by atoms with Gasteiger partial charge in [0.1, 0.15) is 24.0 Å². The van der Waals surface area contributed by atoms with Crippen molar-refractivity contribution in [1.82, 2.24) is 19.9 Å². The van der Waals surface area contributed by atoms with Crippen molar-refractivity contribution in [3.8, 4) is 17.5 Å². The first-order valence-electron chi connectivity index (χ1n) is 10.2. The summed E-state index contributed by atoms with van der Waals surface area (Å²) in [6.07, 6.45) is 0.786. The van der Waals surface area contributed by atoms with Crippen LogP contribution in [0, 0.1) is 18.3 Å². The Labute approximate surface area is 182 Å². The van der Waals surface area contributed by atoms with Gasteiger partial charge in [0.15, 0.2) is 0 Å². The van der Waals surface area contributed by atoms with E-state index in [1.807, 2.05) is 18.4 Å². The maximum absolute atomic E-state index is 13.0. The van der Waals surface area contributed by atoms with Gasteiger partial charge in [0, 0.05) is 50.6 Å². The molecule has 31 heavy (non-hydrogen) atoms. The number of hydrogen-bond acceptors (Lipinski definition) is 7. The minimum atomic E-state index is -0.850. The topological polar surface area (TPSA) is 98.1 Å². The molecule has 2 aliphatic rings. The van der Waals surface area contributed by atoms with Crippen LogP contribution in [0.1, 0.15) is 23.4 Å². The molecular weight excluding hydrogens is 419 g/mol. The van der Waals surface area contributed by atoms with Gasteiger partial charge in [-0.1, -0.05) is 0 Å². The fourth-order valence-corrected chi connectivity index (χ4v) is 4.69. The number of aromatic nitrogens is 3. The lowest BCUT2D eigenvalue weighted by Crippen LogP contribution is -2.50. The van der Waals surface area contributed by atoms with E-state index in [2.05, 4.69) is 25.9 Å². The third-order valence-corrected chi connectivity index (χ3v) is 6.62. The van der Waals surface area contributed by atoms with Crippen molar-refractivity contribution >= 4 is 34.2 Å². The van der Waals surface area contributed by atoms with E-state index in [4.69, 9.17) is 4.74 Å². The first-order chi connectivity index (χ1) is 15.0. The van der Waals surface area contributed by atoms with Gasteiger partial charge in [0.2, 0.25) is 0 Å². The number of carbonyl (C=O) groups excluding carboxylic acids is 1. The molecule has 1 aliphatic heterocycles. The number of pyridine rings is 1. The first-order valence-corrected chi connectivity index (χ1v) is 11.1. The number of nitrogens with one attached hydrogen (secondary N) is 1. The maximum atomic E-state index is 13.0. The number of carbonyl (C=O) groups is 1. The fraction of sp³-hybridized carbons (Fsp3) is 0.429. The predicted molar refractivity (Wildman–Crippen MR) is 115 cm³/mol. The Kier molecular flexibility index (Phi) is 4.98. The predicted octanol–water partition coefficient (Wildman–Crippen LogP) is 3.63. The molecule has 2 fully saturated rings. The summed E-state index contributed by atoms with van der Waals surface area (Å²) >= 11 is 1.53. The summed E-state index contributed by atoms with van der Waals surface area (Å²) in [6.45, 7) is 4.13. The van der Waals surface area contributed by atoms with Gasteiger partial charge in [-0.15, -0.1) is 11.3 Å². The number of halogens is 1. The Morgan fingerprint density at radius 1 is 1.35 bits per heavy atom. The van der Waals surface area contributed by atoms with Crippen LogP contribution in [-0.4, -0.2) is 64.4 Å². The van der Waals surface area contributed by atoms with Crippen LogP contribution in [0.4, 0.5) is 14.9 Å². The number of thiazole rings is 1. The van der Waals surface area contributed by atoms with E-state index < -0.39 is 6.17 Å². The molecule has 5 rings (SSSR count). The molecule has 1 amide bonds. The highest BCUT2D eigenvalue weighted by Crippen LogP contribution is 2.35. The van der Waals surface area contributed by atoms with Crippen molar-refractivity contribution in [2.45, 2.75) is 32.0 Å². The third-order valence-electron chi connectivity index (χ3n) is 5.84. The maximum Gasteiger partial charge on any atom is 0.410 e. The van der Waals surface area contributed by atoms with Crippen molar-refractivity contribution in [3.63, 3.8) is 0 Å². The third kappa shape index (κ3) is 3.59. The first kappa shape index (κ1) is 19.8. The Hall–Kier alpha value is -3.19. The number of hydrogen-bond donors (Lipinski definition) is 1. The molecule has 0 atom stereocenters. The van der Waals surface area contributed by atoms with E-state index in [0.717, 1.165) is 21.8 Å². The van der Waals surface area contributed by atoms with Crippen LogP contribution in [0.15, 0.2) is 17.6 Å². The Morgan fingerprint density at radius 2 is 2.13 bits per heavy atom. The monoisotopic (exact) mass is 440 g/mol. The number of anilines is 1. The molecule has 0 bridgehead atoms. The molecule has 1 saturated heterocycles. The molecule has 0 spiro atoms. The quantitative estimate of drug-likeness (QED) is 0.668. The van der Waals surface area contributed by atoms with Gasteiger partial charge in [-0.25, -0.2) is 19.2 Å². The zero-order chi connectivity index (χ0) is 21.5. The minimum absolute atomic E-state index is 0.298. The van der Waals surface area contributed by atoms with Crippen molar-refractivity contribution < 1.29 is 13.9 Å². The number of nitrogens with zero attached hydrogens (tertiary/aromatic N) is 5. The molecule has 10 heteroatoms. The molecule has 0 aromatic carbocycles. The van der Waals surface area contributed by atoms with E-state index in [1.54, 1.807) is 11.1 Å². The van der Waals surface area contributed by atoms with Crippen molar-refractivity contribution in [3.05, 3.63) is 28.2 Å². The Bertz CT molecular complexity index is 1170. The van der Waals surface area contributed by atoms with E-state index >= 15 is 0 Å². The second-order valence-electron chi connectivity index (χ2n) is 7.84. The molecule has 1 aliphatic carbocycles. The van der Waals surface area contributed by atoms with Crippen LogP contribution >= 0.6 is 11.3 Å². The molecule has 8 nitrogen and oxygen atoms in total. The molecule has 0 unspecified atom stereocenters. The molecule has 3 aromatic heterocycles. The van der Waals surface area contributed by atoms with Crippen molar-refractivity contribution in [1.29, 1.82) is 5.26 Å². The zero-order valence-corrected chi connectivity index (χ0v) is 17.8. The van der Waals surface area contributed by atoms with Gasteiger partial charge in [-0.3, -0.25) is 0 Å². The second-order valence-corrected chi connectivity index (χ2v) is 8.90. The number of ether oxygens (including phenoxy) is 1. The average molecular weight is 441 g/mol. The minimum Gasteiger partial charge on any atom is -0.446 e. The van der Waals surface area contributed by atoms with Gasteiger partial charge >= 0.3 is 6.09 Å². The molecule has 4 heterocycles. The lowest BCUT2D eigenvalue weighted by Gasteiger charge is -2.37. The van der Waals surface area contributed by atoms with Crippen LogP contribution in [0.3, 0.4) is 0 Å². The highest BCUT2D eigenvalue weighted by molar-refractivity contribution is 7.09. The summed E-state index contributed by atoms with van der Waals surface area (Å²) in [7, 11) is 0. The summed E-state index contributed by atoms with van der Waals surface area (Å²) in [6, 6.07) is 4.22. The summed E-state index contributed by atoms with van der Waals surface area (Å²) in [4.78, 5) is 28.3. The number of fused-ring (bicyclic) bond motifs is 1. The van der Waals surface area contributed by atoms with Crippen molar-refractivity contribution in [2.75, 3.05) is 31.1 Å². The number of aromatic amines is 1. The fourth-order valence-electron chi connectivity index (χ4n) is 4.09. The standard InChI is InChI=1S/C21H21FN6O2S/c1-12-25-16(11-31-12)19-15(10-23)18-17(2-3-24-20(18)26-19)27-4-6-28(7-5-27)21(29)30-14-8-13(22)9-14/h2-3,11,13-14H,4-9H2,1H3,(H,24,26)/t13-,14-. The van der Waals surface area contributed by atoms with Crippen LogP contribution in [0.25, 0.3) is 22.4 Å². The summed E-state index contributed by atoms with van der Waals surface area (Å²) < 4.78 is 18.3. The number of alkyl halides is 1. The van der Waals surface area contributed by atoms with Gasteiger partial charge in [-0.05, 0) is 13.0 Å². The number of nitriles is 1. The van der Waals surface area contributed by atoms with E-state index in [-0.39, 0.29) is 12.2 Å². The lowest BCUT2D eigenvalue weighted by molar-refractivity contribution is -0.0132. The normalized spacial score (nSPS) is 21.1. The van der Waals surface area contributed by atoms with Crippen LogP contribution in [-0.2, 0) is 4.74 Å². The number of H-pyrrole nitrogens is 1. The highest BCUT2D eigenvalue weighted by atomic mass is 32.1. The van der Waals surface area contributed by atoms with E-state index in [1.165, 1.54) is 11.3 Å². The average Bonchev–Trinajstić information content (AvgIpc) is 3.35. The van der Waals surface area contributed by atoms with Crippen LogP contribution < -0.4 is 4.90 Å². The lowest BCUT2D eigenvalue weighted by atomic mass is 9.94. The molecule has 1 saturated carbocycles. The van der Waals surface area contributed by atoms with Crippen LogP contribution in [0.5, 0.6) is 0 Å². The zero-order valence-electron chi connectivity index (χ0n) is 17.0. The SMILES string of the molecule is Cc1nc(-c2[nH]c3nccc(N4CCN(C(=O)O[C@H]5C[C@H](F)C5)CC4)c3c2C#N)cs1. The van der Waals surface area contributed by atoms with E-state index in [9.17, 15) is 14.4 Å². The number of aryl methyl sites for hydroxylation is 1. The largest absolute Gasteiger partial charge is 0.446 e. The summed E-state index contributed by atoms with van der Waals surface area (Å²) in [5.41, 5.74) is 3.49. The molecule has 0 radical (unpaired) electrons. The summed E-state index contributed by atoms with van der Waals surface area (Å²) in [5, 5.41) is 13.5. The molecule has 160 valence electrons. The van der Waals surface area contributed by atoms with E-state index in [0.29, 0.717) is 55.9 Å². The van der Waals surface area contributed by atoms with Crippen LogP contribution in [0.2, 0.25) is 0 Å². The molecular formula is C21H21FN6O2S. The van der Waals surface area contributed by atoms with Gasteiger partial charge in [0.05, 0.1) is 33.0 Å². The number of rotatable bonds is 3.